The molecular weight excluding hydrogens is 212 g/mol. The molecule has 1 unspecified atom stereocenters. The Balaban J connectivity index is 2.59. The van der Waals surface area contributed by atoms with Crippen LogP contribution in [0.4, 0.5) is 0 Å². The molecule has 2 N–H and O–H groups in total. The maximum atomic E-state index is 5.68. The summed E-state index contributed by atoms with van der Waals surface area (Å²) in [4.78, 5) is 4.65. The molecule has 90 valence electrons. The molecule has 17 heavy (non-hydrogen) atoms. The second kappa shape index (κ2) is 4.72. The monoisotopic (exact) mass is 230 g/mol. The van der Waals surface area contributed by atoms with Gasteiger partial charge in [0.15, 0.2) is 0 Å². The average Bonchev–Trinajstić information content (AvgIpc) is 2.37. The van der Waals surface area contributed by atoms with E-state index in [2.05, 4.69) is 24.9 Å². The van der Waals surface area contributed by atoms with Crippen molar-refractivity contribution in [2.75, 3.05) is 13.7 Å². The van der Waals surface area contributed by atoms with Crippen molar-refractivity contribution in [3.05, 3.63) is 35.5 Å². The summed E-state index contributed by atoms with van der Waals surface area (Å²) in [5.41, 5.74) is 8.96. The first-order valence-corrected chi connectivity index (χ1v) is 5.81. The molecule has 3 heteroatoms. The predicted molar refractivity (Wildman–Crippen MR) is 70.5 cm³/mol. The third-order valence-electron chi connectivity index (χ3n) is 3.10. The zero-order chi connectivity index (χ0) is 12.4. The Kier molecular flexibility index (Phi) is 3.29. The van der Waals surface area contributed by atoms with Gasteiger partial charge in [-0.2, -0.15) is 0 Å². The second-order valence-electron chi connectivity index (χ2n) is 4.38. The van der Waals surface area contributed by atoms with E-state index in [9.17, 15) is 0 Å². The summed E-state index contributed by atoms with van der Waals surface area (Å²) >= 11 is 0. The van der Waals surface area contributed by atoms with Gasteiger partial charge in [-0.15, -0.1) is 0 Å². The van der Waals surface area contributed by atoms with Crippen LogP contribution in [-0.4, -0.2) is 18.6 Å². The van der Waals surface area contributed by atoms with Crippen molar-refractivity contribution in [1.29, 1.82) is 0 Å². The van der Waals surface area contributed by atoms with Gasteiger partial charge in [-0.1, -0.05) is 6.92 Å². The summed E-state index contributed by atoms with van der Waals surface area (Å²) in [6.07, 6.45) is 0. The topological polar surface area (TPSA) is 48.1 Å². The Labute approximate surface area is 102 Å². The van der Waals surface area contributed by atoms with E-state index in [0.717, 1.165) is 22.3 Å². The summed E-state index contributed by atoms with van der Waals surface area (Å²) in [6, 6.07) is 8.06. The molecule has 1 aromatic carbocycles. The molecule has 0 aliphatic rings. The number of fused-ring (bicyclic) bond motifs is 1. The van der Waals surface area contributed by atoms with Crippen molar-refractivity contribution in [1.82, 2.24) is 4.98 Å². The van der Waals surface area contributed by atoms with Crippen LogP contribution in [-0.2, 0) is 0 Å². The van der Waals surface area contributed by atoms with Gasteiger partial charge >= 0.3 is 0 Å². The highest BCUT2D eigenvalue weighted by Gasteiger charge is 2.09. The van der Waals surface area contributed by atoms with Crippen molar-refractivity contribution in [2.45, 2.75) is 19.8 Å². The van der Waals surface area contributed by atoms with E-state index in [1.165, 1.54) is 5.56 Å². The highest BCUT2D eigenvalue weighted by atomic mass is 16.5. The van der Waals surface area contributed by atoms with Crippen LogP contribution >= 0.6 is 0 Å². The molecule has 0 fully saturated rings. The molecule has 2 aromatic rings. The average molecular weight is 230 g/mol. The third kappa shape index (κ3) is 2.24. The van der Waals surface area contributed by atoms with E-state index < -0.39 is 0 Å². The van der Waals surface area contributed by atoms with Gasteiger partial charge in [0, 0.05) is 23.5 Å². The number of rotatable bonds is 3. The number of hydrogen-bond donors (Lipinski definition) is 1. The molecular formula is C14H18N2O. The van der Waals surface area contributed by atoms with Crippen LogP contribution in [0, 0.1) is 6.92 Å². The lowest BCUT2D eigenvalue weighted by atomic mass is 10.0. The lowest BCUT2D eigenvalue weighted by Crippen LogP contribution is -2.10. The molecule has 0 spiro atoms. The SMILES string of the molecule is COc1ccc2nc(C(C)CN)cc(C)c2c1. The van der Waals surface area contributed by atoms with Crippen molar-refractivity contribution in [3.63, 3.8) is 0 Å². The van der Waals surface area contributed by atoms with Crippen LogP contribution in [0.15, 0.2) is 24.3 Å². The van der Waals surface area contributed by atoms with Crippen LogP contribution in [0.3, 0.4) is 0 Å². The van der Waals surface area contributed by atoms with Crippen molar-refractivity contribution in [2.24, 2.45) is 5.73 Å². The van der Waals surface area contributed by atoms with Gasteiger partial charge in [0.1, 0.15) is 5.75 Å². The molecule has 0 aliphatic heterocycles. The van der Waals surface area contributed by atoms with Crippen LogP contribution in [0.2, 0.25) is 0 Å². The van der Waals surface area contributed by atoms with E-state index in [-0.39, 0.29) is 0 Å². The molecule has 0 radical (unpaired) electrons. The zero-order valence-electron chi connectivity index (χ0n) is 10.5. The number of methoxy groups -OCH3 is 1. The molecule has 1 atom stereocenters. The number of aryl methyl sites for hydroxylation is 1. The molecule has 0 bridgehead atoms. The van der Waals surface area contributed by atoms with Crippen molar-refractivity contribution in [3.8, 4) is 5.75 Å². The summed E-state index contributed by atoms with van der Waals surface area (Å²) in [6.45, 7) is 4.81. The van der Waals surface area contributed by atoms with Gasteiger partial charge in [-0.25, -0.2) is 0 Å². The van der Waals surface area contributed by atoms with Gasteiger partial charge in [0.2, 0.25) is 0 Å². The van der Waals surface area contributed by atoms with Crippen molar-refractivity contribution >= 4 is 10.9 Å². The Bertz CT molecular complexity index is 537. The van der Waals surface area contributed by atoms with Crippen LogP contribution in [0.25, 0.3) is 10.9 Å². The van der Waals surface area contributed by atoms with E-state index in [0.29, 0.717) is 12.5 Å². The van der Waals surface area contributed by atoms with E-state index in [1.54, 1.807) is 7.11 Å². The molecule has 0 amide bonds. The predicted octanol–water partition coefficient (Wildman–Crippen LogP) is 2.61. The zero-order valence-corrected chi connectivity index (χ0v) is 10.5. The first kappa shape index (κ1) is 11.9. The molecule has 3 nitrogen and oxygen atoms in total. The molecule has 2 rings (SSSR count). The van der Waals surface area contributed by atoms with Gasteiger partial charge in [0.05, 0.1) is 12.6 Å². The van der Waals surface area contributed by atoms with Gasteiger partial charge in [-0.05, 0) is 36.8 Å². The lowest BCUT2D eigenvalue weighted by Gasteiger charge is -2.11. The normalized spacial score (nSPS) is 12.7. The largest absolute Gasteiger partial charge is 0.497 e. The number of benzene rings is 1. The van der Waals surface area contributed by atoms with E-state index >= 15 is 0 Å². The highest BCUT2D eigenvalue weighted by Crippen LogP contribution is 2.25. The number of nitrogens with zero attached hydrogens (tertiary/aromatic N) is 1. The number of aromatic nitrogens is 1. The smallest absolute Gasteiger partial charge is 0.119 e. The van der Waals surface area contributed by atoms with Crippen LogP contribution < -0.4 is 10.5 Å². The summed E-state index contributed by atoms with van der Waals surface area (Å²) in [5, 5.41) is 1.14. The minimum Gasteiger partial charge on any atom is -0.497 e. The number of hydrogen-bond acceptors (Lipinski definition) is 3. The summed E-state index contributed by atoms with van der Waals surface area (Å²) in [7, 11) is 1.68. The van der Waals surface area contributed by atoms with Gasteiger partial charge < -0.3 is 10.5 Å². The first-order chi connectivity index (χ1) is 8.15. The Hall–Kier alpha value is -1.61. The Morgan fingerprint density at radius 1 is 1.35 bits per heavy atom. The standard InChI is InChI=1S/C14H18N2O/c1-9-6-14(10(2)8-15)16-13-5-4-11(17-3)7-12(9)13/h4-7,10H,8,15H2,1-3H3. The molecule has 1 aromatic heterocycles. The lowest BCUT2D eigenvalue weighted by molar-refractivity contribution is 0.415. The third-order valence-corrected chi connectivity index (χ3v) is 3.10. The van der Waals surface area contributed by atoms with Gasteiger partial charge in [-0.3, -0.25) is 4.98 Å². The molecule has 0 aliphatic carbocycles. The fourth-order valence-electron chi connectivity index (χ4n) is 1.90. The van der Waals surface area contributed by atoms with Crippen molar-refractivity contribution < 1.29 is 4.74 Å². The maximum Gasteiger partial charge on any atom is 0.119 e. The quantitative estimate of drug-likeness (QED) is 0.881. The van der Waals surface area contributed by atoms with Crippen LogP contribution in [0.5, 0.6) is 5.75 Å². The molecule has 1 heterocycles. The Morgan fingerprint density at radius 2 is 2.12 bits per heavy atom. The van der Waals surface area contributed by atoms with E-state index in [4.69, 9.17) is 10.5 Å². The molecule has 0 saturated carbocycles. The molecule has 0 saturated heterocycles. The highest BCUT2D eigenvalue weighted by molar-refractivity contribution is 5.83. The second-order valence-corrected chi connectivity index (χ2v) is 4.38. The summed E-state index contributed by atoms with van der Waals surface area (Å²) in [5.74, 6) is 1.15. The minimum atomic E-state index is 0.292. The van der Waals surface area contributed by atoms with Gasteiger partial charge in [0.25, 0.3) is 0 Å². The number of ether oxygens (including phenoxy) is 1. The van der Waals surface area contributed by atoms with E-state index in [1.807, 2.05) is 18.2 Å². The first-order valence-electron chi connectivity index (χ1n) is 5.81. The fraction of sp³-hybridized carbons (Fsp3) is 0.357. The number of nitrogens with two attached hydrogens (primary N) is 1. The maximum absolute atomic E-state index is 5.68. The minimum absolute atomic E-state index is 0.292. The summed E-state index contributed by atoms with van der Waals surface area (Å²) < 4.78 is 5.23. The van der Waals surface area contributed by atoms with Crippen LogP contribution in [0.1, 0.15) is 24.1 Å². The number of pyridine rings is 1. The Morgan fingerprint density at radius 3 is 2.76 bits per heavy atom. The fourth-order valence-corrected chi connectivity index (χ4v) is 1.90.